The highest BCUT2D eigenvalue weighted by molar-refractivity contribution is 5.25. The Morgan fingerprint density at radius 3 is 2.39 bits per heavy atom. The first-order valence-electron chi connectivity index (χ1n) is 17.1. The largest absolute Gasteiger partial charge is 0.394 e. The van der Waals surface area contributed by atoms with Gasteiger partial charge in [-0.05, 0) is 110 Å². The van der Waals surface area contributed by atoms with Gasteiger partial charge in [-0.1, -0.05) is 66.0 Å². The molecule has 3 saturated carbocycles. The van der Waals surface area contributed by atoms with Crippen LogP contribution in [0.25, 0.3) is 0 Å². The fraction of sp³-hybridized carbons (Fsp3) is 0.943. The molecule has 0 aromatic heterocycles. The Labute approximate surface area is 249 Å². The maximum atomic E-state index is 10.5. The van der Waals surface area contributed by atoms with E-state index in [0.717, 1.165) is 60.7 Å². The monoisotopic (exact) mass is 576 g/mol. The zero-order chi connectivity index (χ0) is 29.7. The van der Waals surface area contributed by atoms with E-state index in [2.05, 4.69) is 47.6 Å². The van der Waals surface area contributed by atoms with Crippen molar-refractivity contribution in [2.24, 2.45) is 52.3 Å². The average Bonchev–Trinajstić information content (AvgIpc) is 3.30. The molecule has 0 aromatic rings. The molecule has 5 rings (SSSR count). The molecule has 1 heterocycles. The second-order valence-electron chi connectivity index (χ2n) is 15.7. The molecule has 1 saturated heterocycles. The Balaban J connectivity index is 1.24. The van der Waals surface area contributed by atoms with E-state index in [1.807, 2.05) is 0 Å². The van der Waals surface area contributed by atoms with Crippen LogP contribution in [-0.2, 0) is 9.47 Å². The third-order valence-corrected chi connectivity index (χ3v) is 13.5. The van der Waals surface area contributed by atoms with Crippen molar-refractivity contribution in [3.05, 3.63) is 11.6 Å². The van der Waals surface area contributed by atoms with Crippen LogP contribution in [0.4, 0.5) is 0 Å². The summed E-state index contributed by atoms with van der Waals surface area (Å²) >= 11 is 0. The Bertz CT molecular complexity index is 918. The minimum absolute atomic E-state index is 0.101. The summed E-state index contributed by atoms with van der Waals surface area (Å²) in [7, 11) is 0. The van der Waals surface area contributed by atoms with Crippen LogP contribution in [0.2, 0.25) is 0 Å². The number of rotatable bonds is 9. The molecule has 5 aliphatic rings. The first-order chi connectivity index (χ1) is 19.4. The molecule has 236 valence electrons. The van der Waals surface area contributed by atoms with Crippen molar-refractivity contribution in [1.29, 1.82) is 0 Å². The third kappa shape index (κ3) is 5.73. The molecule has 41 heavy (non-hydrogen) atoms. The summed E-state index contributed by atoms with van der Waals surface area (Å²) in [6.45, 7) is 14.5. The van der Waals surface area contributed by atoms with Crippen LogP contribution in [-0.4, -0.2) is 63.8 Å². The van der Waals surface area contributed by atoms with E-state index in [1.54, 1.807) is 0 Å². The van der Waals surface area contributed by atoms with Crippen LogP contribution >= 0.6 is 0 Å². The number of aliphatic hydroxyl groups is 4. The fourth-order valence-electron chi connectivity index (χ4n) is 10.8. The molecule has 14 atom stereocenters. The smallest absolute Gasteiger partial charge is 0.186 e. The minimum Gasteiger partial charge on any atom is -0.394 e. The average molecular weight is 577 g/mol. The van der Waals surface area contributed by atoms with Gasteiger partial charge in [0.15, 0.2) is 6.29 Å². The predicted octanol–water partition coefficient (Wildman–Crippen LogP) is 5.85. The van der Waals surface area contributed by atoms with Crippen molar-refractivity contribution in [3.63, 3.8) is 0 Å². The normalized spacial score (nSPS) is 47.7. The van der Waals surface area contributed by atoms with Gasteiger partial charge in [0.25, 0.3) is 0 Å². The van der Waals surface area contributed by atoms with Crippen molar-refractivity contribution in [1.82, 2.24) is 0 Å². The summed E-state index contributed by atoms with van der Waals surface area (Å²) in [6.07, 6.45) is 9.92. The molecule has 1 aliphatic heterocycles. The van der Waals surface area contributed by atoms with Gasteiger partial charge in [0, 0.05) is 0 Å². The van der Waals surface area contributed by atoms with Crippen molar-refractivity contribution >= 4 is 0 Å². The van der Waals surface area contributed by atoms with Crippen molar-refractivity contribution in [2.45, 2.75) is 149 Å². The number of aliphatic hydroxyl groups excluding tert-OH is 4. The highest BCUT2D eigenvalue weighted by Crippen LogP contribution is 2.67. The van der Waals surface area contributed by atoms with Gasteiger partial charge in [-0.25, -0.2) is 0 Å². The SMILES string of the molecule is CC[C@H](CCC(C)C1CCC2C3CC=C4C[C@@H](OC5O[C@H](CO)C(O)[C@H](O)C5O)CC[C@]4(C)C3CC[C@]12C)C(C)C. The molecule has 0 amide bonds. The lowest BCUT2D eigenvalue weighted by Gasteiger charge is -2.58. The number of hydrogen-bond donors (Lipinski definition) is 4. The molecule has 0 bridgehead atoms. The van der Waals surface area contributed by atoms with Gasteiger partial charge < -0.3 is 29.9 Å². The topological polar surface area (TPSA) is 99.4 Å². The summed E-state index contributed by atoms with van der Waals surface area (Å²) < 4.78 is 11.9. The van der Waals surface area contributed by atoms with Crippen LogP contribution < -0.4 is 0 Å². The summed E-state index contributed by atoms with van der Waals surface area (Å²) in [5.74, 6) is 5.66. The molecular weight excluding hydrogens is 516 g/mol. The molecule has 0 spiro atoms. The number of ether oxygens (including phenoxy) is 2. The highest BCUT2D eigenvalue weighted by atomic mass is 16.7. The van der Waals surface area contributed by atoms with Crippen molar-refractivity contribution in [3.8, 4) is 0 Å². The predicted molar refractivity (Wildman–Crippen MR) is 161 cm³/mol. The van der Waals surface area contributed by atoms with Gasteiger partial charge in [-0.3, -0.25) is 0 Å². The Morgan fingerprint density at radius 2 is 1.71 bits per heavy atom. The molecule has 4 fully saturated rings. The van der Waals surface area contributed by atoms with Crippen LogP contribution in [0.3, 0.4) is 0 Å². The zero-order valence-corrected chi connectivity index (χ0v) is 26.7. The summed E-state index contributed by atoms with van der Waals surface area (Å²) in [4.78, 5) is 0. The van der Waals surface area contributed by atoms with E-state index >= 15 is 0 Å². The van der Waals surface area contributed by atoms with E-state index in [1.165, 1.54) is 56.9 Å². The quantitative estimate of drug-likeness (QED) is 0.257. The van der Waals surface area contributed by atoms with Crippen LogP contribution in [0, 0.1) is 52.3 Å². The van der Waals surface area contributed by atoms with E-state index in [4.69, 9.17) is 9.47 Å². The minimum atomic E-state index is -1.40. The van der Waals surface area contributed by atoms with Gasteiger partial charge in [0.05, 0.1) is 12.7 Å². The van der Waals surface area contributed by atoms with Crippen molar-refractivity contribution < 1.29 is 29.9 Å². The van der Waals surface area contributed by atoms with E-state index in [-0.39, 0.29) is 11.5 Å². The summed E-state index contributed by atoms with van der Waals surface area (Å²) in [6, 6.07) is 0. The van der Waals surface area contributed by atoms with E-state index < -0.39 is 37.3 Å². The second kappa shape index (κ2) is 12.5. The van der Waals surface area contributed by atoms with Gasteiger partial charge in [-0.15, -0.1) is 0 Å². The molecule has 0 radical (unpaired) electrons. The number of allylic oxidation sites excluding steroid dienone is 1. The molecular formula is C35H60O6. The standard InChI is InChI=1S/C35H60O6/c1-7-22(20(2)3)9-8-21(4)26-12-13-27-25-11-10-23-18-24(14-16-34(23,5)28(25)15-17-35(26,27)6)40-33-32(39)31(38)30(37)29(19-36)41-33/h10,20-22,24-33,36-39H,7-9,11-19H2,1-6H3/t21?,22-,24+,25?,26?,27?,28?,29-,30?,31+,32?,33?,34+,35-/m1/s1. The lowest BCUT2D eigenvalue weighted by molar-refractivity contribution is -0.313. The molecule has 8 unspecified atom stereocenters. The molecule has 4 N–H and O–H groups in total. The van der Waals surface area contributed by atoms with Gasteiger partial charge in [-0.2, -0.15) is 0 Å². The number of fused-ring (bicyclic) bond motifs is 5. The Hall–Kier alpha value is -0.500. The highest BCUT2D eigenvalue weighted by Gasteiger charge is 2.59. The van der Waals surface area contributed by atoms with E-state index in [9.17, 15) is 20.4 Å². The van der Waals surface area contributed by atoms with Crippen LogP contribution in [0.15, 0.2) is 11.6 Å². The number of hydrogen-bond acceptors (Lipinski definition) is 6. The van der Waals surface area contributed by atoms with Crippen LogP contribution in [0.1, 0.15) is 112 Å². The maximum Gasteiger partial charge on any atom is 0.186 e. The molecule has 6 nitrogen and oxygen atoms in total. The second-order valence-corrected chi connectivity index (χ2v) is 15.7. The molecule has 6 heteroatoms. The lowest BCUT2D eigenvalue weighted by Crippen LogP contribution is -2.60. The first-order valence-corrected chi connectivity index (χ1v) is 17.1. The fourth-order valence-corrected chi connectivity index (χ4v) is 10.8. The summed E-state index contributed by atoms with van der Waals surface area (Å²) in [5.41, 5.74) is 2.19. The third-order valence-electron chi connectivity index (χ3n) is 13.5. The lowest BCUT2D eigenvalue weighted by atomic mass is 9.47. The summed E-state index contributed by atoms with van der Waals surface area (Å²) in [5, 5.41) is 40.4. The maximum absolute atomic E-state index is 10.5. The van der Waals surface area contributed by atoms with Crippen LogP contribution in [0.5, 0.6) is 0 Å². The Kier molecular flexibility index (Phi) is 9.71. The van der Waals surface area contributed by atoms with E-state index in [0.29, 0.717) is 5.41 Å². The Morgan fingerprint density at radius 1 is 0.951 bits per heavy atom. The molecule has 4 aliphatic carbocycles. The molecule has 0 aromatic carbocycles. The van der Waals surface area contributed by atoms with Gasteiger partial charge in [0.1, 0.15) is 24.4 Å². The van der Waals surface area contributed by atoms with Crippen molar-refractivity contribution in [2.75, 3.05) is 6.61 Å². The first kappa shape index (κ1) is 31.9. The van der Waals surface area contributed by atoms with Gasteiger partial charge in [0.2, 0.25) is 0 Å². The van der Waals surface area contributed by atoms with Gasteiger partial charge >= 0.3 is 0 Å². The zero-order valence-electron chi connectivity index (χ0n) is 26.7.